The summed E-state index contributed by atoms with van der Waals surface area (Å²) in [5.74, 6) is 0.588. The van der Waals surface area contributed by atoms with Gasteiger partial charge >= 0.3 is 0 Å². The summed E-state index contributed by atoms with van der Waals surface area (Å²) in [5.41, 5.74) is 0. The average Bonchev–Trinajstić information content (AvgIpc) is 2.77. The van der Waals surface area contributed by atoms with Crippen molar-refractivity contribution in [3.05, 3.63) is 0 Å². The van der Waals surface area contributed by atoms with Crippen LogP contribution in [0.15, 0.2) is 0 Å². The summed E-state index contributed by atoms with van der Waals surface area (Å²) in [5, 5.41) is 15.9. The summed E-state index contributed by atoms with van der Waals surface area (Å²) in [6.07, 6.45) is 4.72. The summed E-state index contributed by atoms with van der Waals surface area (Å²) in [7, 11) is 0. The Morgan fingerprint density at radius 3 is 2.80 bits per heavy atom. The predicted octanol–water partition coefficient (Wildman–Crippen LogP) is 0.0156. The fourth-order valence-electron chi connectivity index (χ4n) is 2.53. The highest BCUT2D eigenvalue weighted by Gasteiger charge is 2.25. The van der Waals surface area contributed by atoms with Gasteiger partial charge in [0.15, 0.2) is 0 Å². The number of amides is 1. The normalized spacial score (nSPS) is 35.8. The molecule has 3 unspecified atom stereocenters. The van der Waals surface area contributed by atoms with Crippen LogP contribution < -0.4 is 10.6 Å². The summed E-state index contributed by atoms with van der Waals surface area (Å²) in [6.45, 7) is 1.72. The molecule has 3 atom stereocenters. The van der Waals surface area contributed by atoms with Crippen molar-refractivity contribution in [1.29, 1.82) is 0 Å². The van der Waals surface area contributed by atoms with Crippen molar-refractivity contribution in [1.82, 2.24) is 10.6 Å². The van der Waals surface area contributed by atoms with Gasteiger partial charge in [0.2, 0.25) is 5.91 Å². The lowest BCUT2D eigenvalue weighted by Gasteiger charge is -2.17. The number of nitrogens with one attached hydrogen (secondary N) is 2. The molecule has 4 nitrogen and oxygen atoms in total. The van der Waals surface area contributed by atoms with Crippen molar-refractivity contribution in [2.75, 3.05) is 13.1 Å². The lowest BCUT2D eigenvalue weighted by atomic mass is 10.1. The number of hydrogen-bond donors (Lipinski definition) is 3. The summed E-state index contributed by atoms with van der Waals surface area (Å²) in [4.78, 5) is 10.9. The zero-order valence-corrected chi connectivity index (χ0v) is 9.04. The van der Waals surface area contributed by atoms with Crippen LogP contribution in [-0.4, -0.2) is 36.2 Å². The molecule has 0 aromatic carbocycles. The molecule has 2 rings (SSSR count). The van der Waals surface area contributed by atoms with Gasteiger partial charge in [-0.3, -0.25) is 4.79 Å². The Morgan fingerprint density at radius 2 is 2.20 bits per heavy atom. The summed E-state index contributed by atoms with van der Waals surface area (Å²) in [6, 6.07) is 0.302. The topological polar surface area (TPSA) is 61.4 Å². The van der Waals surface area contributed by atoms with Crippen molar-refractivity contribution in [3.8, 4) is 0 Å². The standard InChI is InChI=1S/C11H20N2O2/c14-10-3-1-2-8(10)6-12-7-9-4-5-11(15)13-9/h8-10,12,14H,1-7H2,(H,13,15). The molecule has 1 saturated carbocycles. The SMILES string of the molecule is O=C1CCC(CNCC2CCCC2O)N1. The molecule has 1 amide bonds. The Labute approximate surface area is 90.4 Å². The number of rotatable bonds is 4. The lowest BCUT2D eigenvalue weighted by Crippen LogP contribution is -2.38. The zero-order chi connectivity index (χ0) is 10.7. The van der Waals surface area contributed by atoms with Crippen LogP contribution >= 0.6 is 0 Å². The van der Waals surface area contributed by atoms with Crippen molar-refractivity contribution in [3.63, 3.8) is 0 Å². The first kappa shape index (κ1) is 10.9. The van der Waals surface area contributed by atoms with Crippen LogP contribution in [0, 0.1) is 5.92 Å². The van der Waals surface area contributed by atoms with Crippen LogP contribution in [0.25, 0.3) is 0 Å². The molecule has 0 spiro atoms. The largest absolute Gasteiger partial charge is 0.393 e. The molecule has 4 heteroatoms. The van der Waals surface area contributed by atoms with E-state index >= 15 is 0 Å². The van der Waals surface area contributed by atoms with E-state index in [4.69, 9.17) is 0 Å². The summed E-state index contributed by atoms with van der Waals surface area (Å²) >= 11 is 0. The quantitative estimate of drug-likeness (QED) is 0.615. The van der Waals surface area contributed by atoms with E-state index in [9.17, 15) is 9.90 Å². The molecular weight excluding hydrogens is 192 g/mol. The second-order valence-corrected chi connectivity index (χ2v) is 4.72. The first-order valence-corrected chi connectivity index (χ1v) is 5.94. The zero-order valence-electron chi connectivity index (χ0n) is 9.04. The maximum absolute atomic E-state index is 10.9. The molecule has 15 heavy (non-hydrogen) atoms. The van der Waals surface area contributed by atoms with E-state index in [1.54, 1.807) is 0 Å². The van der Waals surface area contributed by atoms with Crippen LogP contribution in [0.1, 0.15) is 32.1 Å². The highest BCUT2D eigenvalue weighted by Crippen LogP contribution is 2.24. The average molecular weight is 212 g/mol. The van der Waals surface area contributed by atoms with Gasteiger partial charge in [0.05, 0.1) is 6.10 Å². The molecule has 1 heterocycles. The third-order valence-electron chi connectivity index (χ3n) is 3.50. The van der Waals surface area contributed by atoms with Crippen LogP contribution in [0.2, 0.25) is 0 Å². The molecule has 3 N–H and O–H groups in total. The highest BCUT2D eigenvalue weighted by molar-refractivity contribution is 5.78. The Morgan fingerprint density at radius 1 is 1.33 bits per heavy atom. The summed E-state index contributed by atoms with van der Waals surface area (Å²) < 4.78 is 0. The van der Waals surface area contributed by atoms with Crippen LogP contribution in [-0.2, 0) is 4.79 Å². The van der Waals surface area contributed by atoms with Gasteiger partial charge in [-0.2, -0.15) is 0 Å². The molecule has 86 valence electrons. The van der Waals surface area contributed by atoms with Crippen molar-refractivity contribution in [2.24, 2.45) is 5.92 Å². The number of hydrogen-bond acceptors (Lipinski definition) is 3. The molecule has 0 aromatic rings. The van der Waals surface area contributed by atoms with E-state index < -0.39 is 0 Å². The molecular formula is C11H20N2O2. The van der Waals surface area contributed by atoms with Crippen LogP contribution in [0.5, 0.6) is 0 Å². The molecule has 1 aliphatic carbocycles. The highest BCUT2D eigenvalue weighted by atomic mass is 16.3. The van der Waals surface area contributed by atoms with Crippen molar-refractivity contribution < 1.29 is 9.90 Å². The predicted molar refractivity (Wildman–Crippen MR) is 57.4 cm³/mol. The molecule has 1 aliphatic heterocycles. The van der Waals surface area contributed by atoms with Gasteiger partial charge in [-0.1, -0.05) is 6.42 Å². The number of aliphatic hydroxyl groups excluding tert-OH is 1. The first-order chi connectivity index (χ1) is 7.25. The number of carbonyl (C=O) groups excluding carboxylic acids is 1. The first-order valence-electron chi connectivity index (χ1n) is 5.94. The van der Waals surface area contributed by atoms with Crippen LogP contribution in [0.4, 0.5) is 0 Å². The van der Waals surface area contributed by atoms with Crippen molar-refractivity contribution in [2.45, 2.75) is 44.2 Å². The van der Waals surface area contributed by atoms with E-state index in [0.717, 1.165) is 38.8 Å². The molecule has 0 aromatic heterocycles. The molecule has 1 saturated heterocycles. The number of carbonyl (C=O) groups is 1. The second kappa shape index (κ2) is 4.94. The molecule has 2 aliphatic rings. The van der Waals surface area contributed by atoms with Gasteiger partial charge in [0.25, 0.3) is 0 Å². The molecule has 0 radical (unpaired) electrons. The Bertz CT molecular complexity index is 233. The Hall–Kier alpha value is -0.610. The van der Waals surface area contributed by atoms with Gasteiger partial charge < -0.3 is 15.7 Å². The fraction of sp³-hybridized carbons (Fsp3) is 0.909. The third kappa shape index (κ3) is 2.92. The second-order valence-electron chi connectivity index (χ2n) is 4.72. The minimum Gasteiger partial charge on any atom is -0.393 e. The smallest absolute Gasteiger partial charge is 0.220 e. The van der Waals surface area contributed by atoms with Gasteiger partial charge in [-0.15, -0.1) is 0 Å². The van der Waals surface area contributed by atoms with E-state index in [-0.39, 0.29) is 12.0 Å². The third-order valence-corrected chi connectivity index (χ3v) is 3.50. The van der Waals surface area contributed by atoms with E-state index in [2.05, 4.69) is 10.6 Å². The monoisotopic (exact) mass is 212 g/mol. The Balaban J connectivity index is 1.60. The number of aliphatic hydroxyl groups is 1. The minimum absolute atomic E-state index is 0.115. The van der Waals surface area contributed by atoms with Crippen molar-refractivity contribution >= 4 is 5.91 Å². The van der Waals surface area contributed by atoms with Gasteiger partial charge in [0, 0.05) is 25.6 Å². The molecule has 2 fully saturated rings. The fourth-order valence-corrected chi connectivity index (χ4v) is 2.53. The van der Waals surface area contributed by atoms with Gasteiger partial charge in [0.1, 0.15) is 0 Å². The maximum Gasteiger partial charge on any atom is 0.220 e. The van der Waals surface area contributed by atoms with Gasteiger partial charge in [-0.05, 0) is 25.2 Å². The van der Waals surface area contributed by atoms with Crippen LogP contribution in [0.3, 0.4) is 0 Å². The van der Waals surface area contributed by atoms with Gasteiger partial charge in [-0.25, -0.2) is 0 Å². The van der Waals surface area contributed by atoms with E-state index in [1.807, 2.05) is 0 Å². The molecule has 0 bridgehead atoms. The maximum atomic E-state index is 10.9. The van der Waals surface area contributed by atoms with E-state index in [0.29, 0.717) is 18.4 Å². The lowest BCUT2D eigenvalue weighted by molar-refractivity contribution is -0.119. The Kier molecular flexibility index (Phi) is 3.59. The minimum atomic E-state index is -0.115. The van der Waals surface area contributed by atoms with E-state index in [1.165, 1.54) is 0 Å².